The van der Waals surface area contributed by atoms with Crippen molar-refractivity contribution in [3.63, 3.8) is 0 Å². The Labute approximate surface area is 173 Å². The Morgan fingerprint density at radius 1 is 1.31 bits per heavy atom. The van der Waals surface area contributed by atoms with E-state index in [1.807, 2.05) is 20.0 Å². The molecule has 2 aromatic heterocycles. The third kappa shape index (κ3) is 4.94. The second kappa shape index (κ2) is 9.31. The second-order valence-electron chi connectivity index (χ2n) is 5.85. The molecule has 0 fully saturated rings. The minimum Gasteiger partial charge on any atom is -0.361 e. The number of aliphatic imine (C=N–C) groups is 1. The van der Waals surface area contributed by atoms with Crippen molar-refractivity contribution in [1.29, 1.82) is 0 Å². The summed E-state index contributed by atoms with van der Waals surface area (Å²) in [6, 6.07) is 4.81. The normalized spacial score (nSPS) is 11.5. The van der Waals surface area contributed by atoms with Gasteiger partial charge in [-0.25, -0.2) is 9.37 Å². The monoisotopic (exact) mass is 487 g/mol. The van der Waals surface area contributed by atoms with Crippen LogP contribution in [0.4, 0.5) is 4.39 Å². The molecule has 0 radical (unpaired) electrons. The fourth-order valence-corrected chi connectivity index (χ4v) is 3.67. The van der Waals surface area contributed by atoms with E-state index >= 15 is 0 Å². The van der Waals surface area contributed by atoms with Crippen LogP contribution in [-0.2, 0) is 13.0 Å². The lowest BCUT2D eigenvalue weighted by molar-refractivity contribution is 0.629. The van der Waals surface area contributed by atoms with E-state index in [1.165, 1.54) is 10.9 Å². The Bertz CT molecular complexity index is 902. The third-order valence-electron chi connectivity index (χ3n) is 4.06. The summed E-state index contributed by atoms with van der Waals surface area (Å²) in [6.45, 7) is 5.45. The van der Waals surface area contributed by atoms with Gasteiger partial charge < -0.3 is 15.6 Å². The molecular weight excluding hydrogens is 464 g/mol. The van der Waals surface area contributed by atoms with Crippen LogP contribution < -0.4 is 10.6 Å². The van der Waals surface area contributed by atoms with Gasteiger partial charge in [0.2, 0.25) is 0 Å². The van der Waals surface area contributed by atoms with E-state index in [2.05, 4.69) is 25.6 Å². The topological polar surface area (TPSA) is 65.1 Å². The van der Waals surface area contributed by atoms with Crippen LogP contribution >= 0.6 is 35.3 Å². The van der Waals surface area contributed by atoms with Crippen molar-refractivity contribution in [3.05, 3.63) is 51.4 Å². The number of hydrogen-bond acceptors (Lipinski definition) is 3. The van der Waals surface area contributed by atoms with E-state index in [0.717, 1.165) is 39.5 Å². The highest BCUT2D eigenvalue weighted by atomic mass is 127. The average molecular weight is 487 g/mol. The maximum atomic E-state index is 13.4. The minimum atomic E-state index is -0.214. The lowest BCUT2D eigenvalue weighted by Crippen LogP contribution is -2.37. The van der Waals surface area contributed by atoms with Gasteiger partial charge in [0.25, 0.3) is 0 Å². The molecule has 3 N–H and O–H groups in total. The molecule has 0 saturated carbocycles. The Hall–Kier alpha value is -1.68. The molecule has 5 nitrogen and oxygen atoms in total. The molecule has 2 heterocycles. The number of halogens is 2. The SMILES string of the molecule is CN=C(NCCc1c[nH]c2ccc(F)cc12)NCc1sc(C)nc1C.I. The number of guanidine groups is 1. The van der Waals surface area contributed by atoms with Crippen molar-refractivity contribution in [1.82, 2.24) is 20.6 Å². The predicted octanol–water partition coefficient (Wildman–Crippen LogP) is 3.91. The maximum Gasteiger partial charge on any atom is 0.191 e. The van der Waals surface area contributed by atoms with E-state index in [1.54, 1.807) is 30.5 Å². The molecule has 26 heavy (non-hydrogen) atoms. The summed E-state index contributed by atoms with van der Waals surface area (Å²) in [5.74, 6) is 0.533. The fraction of sp³-hybridized carbons (Fsp3) is 0.333. The van der Waals surface area contributed by atoms with E-state index in [-0.39, 0.29) is 29.8 Å². The zero-order valence-electron chi connectivity index (χ0n) is 15.0. The van der Waals surface area contributed by atoms with Crippen molar-refractivity contribution in [2.45, 2.75) is 26.8 Å². The van der Waals surface area contributed by atoms with E-state index in [4.69, 9.17) is 0 Å². The molecular formula is C18H23FIN5S. The highest BCUT2D eigenvalue weighted by molar-refractivity contribution is 14.0. The number of nitrogens with one attached hydrogen (secondary N) is 3. The number of aromatic amines is 1. The first-order chi connectivity index (χ1) is 12.1. The molecule has 0 aliphatic carbocycles. The summed E-state index contributed by atoms with van der Waals surface area (Å²) in [5.41, 5.74) is 3.10. The highest BCUT2D eigenvalue weighted by Gasteiger charge is 2.07. The van der Waals surface area contributed by atoms with E-state index in [0.29, 0.717) is 13.1 Å². The van der Waals surface area contributed by atoms with Gasteiger partial charge >= 0.3 is 0 Å². The first kappa shape index (κ1) is 20.6. The summed E-state index contributed by atoms with van der Waals surface area (Å²) >= 11 is 1.70. The van der Waals surface area contributed by atoms with Crippen molar-refractivity contribution in [3.8, 4) is 0 Å². The molecule has 0 unspecified atom stereocenters. The van der Waals surface area contributed by atoms with Gasteiger partial charge in [-0.2, -0.15) is 0 Å². The molecule has 140 valence electrons. The lowest BCUT2D eigenvalue weighted by Gasteiger charge is -2.11. The predicted molar refractivity (Wildman–Crippen MR) is 117 cm³/mol. The molecule has 0 aliphatic rings. The highest BCUT2D eigenvalue weighted by Crippen LogP contribution is 2.19. The summed E-state index contributed by atoms with van der Waals surface area (Å²) in [7, 11) is 1.75. The van der Waals surface area contributed by atoms with Gasteiger partial charge in [0.1, 0.15) is 5.82 Å². The van der Waals surface area contributed by atoms with Crippen molar-refractivity contribution in [2.75, 3.05) is 13.6 Å². The maximum absolute atomic E-state index is 13.4. The van der Waals surface area contributed by atoms with E-state index < -0.39 is 0 Å². The summed E-state index contributed by atoms with van der Waals surface area (Å²) in [5, 5.41) is 8.61. The molecule has 0 spiro atoms. The van der Waals surface area contributed by atoms with Crippen LogP contribution in [0.15, 0.2) is 29.4 Å². The lowest BCUT2D eigenvalue weighted by atomic mass is 10.1. The Kier molecular flexibility index (Phi) is 7.39. The van der Waals surface area contributed by atoms with Gasteiger partial charge in [-0.15, -0.1) is 35.3 Å². The fourth-order valence-electron chi connectivity index (χ4n) is 2.80. The van der Waals surface area contributed by atoms with Gasteiger partial charge in [-0.05, 0) is 44.0 Å². The van der Waals surface area contributed by atoms with E-state index in [9.17, 15) is 4.39 Å². The summed E-state index contributed by atoms with van der Waals surface area (Å²) in [4.78, 5) is 13.1. The quantitative estimate of drug-likeness (QED) is 0.291. The summed E-state index contributed by atoms with van der Waals surface area (Å²) in [6.07, 6.45) is 2.72. The van der Waals surface area contributed by atoms with Gasteiger partial charge in [0.15, 0.2) is 5.96 Å². The molecule has 1 aromatic carbocycles. The van der Waals surface area contributed by atoms with Crippen LogP contribution in [0.3, 0.4) is 0 Å². The average Bonchev–Trinajstić information content (AvgIpc) is 3.13. The van der Waals surface area contributed by atoms with Gasteiger partial charge in [-0.1, -0.05) is 0 Å². The number of aryl methyl sites for hydroxylation is 2. The number of fused-ring (bicyclic) bond motifs is 1. The number of thiazole rings is 1. The molecule has 8 heteroatoms. The Morgan fingerprint density at radius 3 is 2.81 bits per heavy atom. The zero-order valence-corrected chi connectivity index (χ0v) is 18.2. The van der Waals surface area contributed by atoms with Crippen LogP contribution in [0.5, 0.6) is 0 Å². The smallest absolute Gasteiger partial charge is 0.191 e. The van der Waals surface area contributed by atoms with Crippen LogP contribution in [0.1, 0.15) is 21.1 Å². The zero-order chi connectivity index (χ0) is 17.8. The second-order valence-corrected chi connectivity index (χ2v) is 7.14. The minimum absolute atomic E-state index is 0. The molecule has 3 rings (SSSR count). The third-order valence-corrected chi connectivity index (χ3v) is 5.13. The van der Waals surface area contributed by atoms with Crippen LogP contribution in [0, 0.1) is 19.7 Å². The first-order valence-corrected chi connectivity index (χ1v) is 9.01. The Balaban J connectivity index is 0.00000243. The number of benzene rings is 1. The van der Waals surface area contributed by atoms with Crippen molar-refractivity contribution < 1.29 is 4.39 Å². The molecule has 0 bridgehead atoms. The molecule has 0 atom stereocenters. The summed E-state index contributed by atoms with van der Waals surface area (Å²) < 4.78 is 13.4. The first-order valence-electron chi connectivity index (χ1n) is 8.19. The number of H-pyrrole nitrogens is 1. The largest absolute Gasteiger partial charge is 0.361 e. The van der Waals surface area contributed by atoms with Crippen LogP contribution in [0.25, 0.3) is 10.9 Å². The molecule has 3 aromatic rings. The number of nitrogens with zero attached hydrogens (tertiary/aromatic N) is 2. The van der Waals surface area contributed by atoms with Crippen molar-refractivity contribution >= 4 is 52.2 Å². The number of rotatable bonds is 5. The number of hydrogen-bond donors (Lipinski definition) is 3. The molecule has 0 aliphatic heterocycles. The number of aromatic nitrogens is 2. The molecule has 0 saturated heterocycles. The molecule has 0 amide bonds. The Morgan fingerprint density at radius 2 is 2.12 bits per heavy atom. The van der Waals surface area contributed by atoms with Gasteiger partial charge in [0.05, 0.1) is 17.2 Å². The van der Waals surface area contributed by atoms with Crippen LogP contribution in [0.2, 0.25) is 0 Å². The van der Waals surface area contributed by atoms with Gasteiger partial charge in [-0.3, -0.25) is 4.99 Å². The van der Waals surface area contributed by atoms with Gasteiger partial charge in [0, 0.05) is 35.6 Å². The van der Waals surface area contributed by atoms with Crippen LogP contribution in [-0.4, -0.2) is 29.5 Å². The van der Waals surface area contributed by atoms with Crippen molar-refractivity contribution in [2.24, 2.45) is 4.99 Å². The standard InChI is InChI=1S/C18H22FN5S.HI/c1-11-17(25-12(2)24-11)10-23-18(20-3)21-7-6-13-9-22-16-5-4-14(19)8-15(13)16;/h4-5,8-9,22H,6-7,10H2,1-3H3,(H2,20,21,23);1H.